The maximum atomic E-state index is 10.2. The van der Waals surface area contributed by atoms with Crippen molar-refractivity contribution in [3.8, 4) is 5.75 Å². The van der Waals surface area contributed by atoms with Gasteiger partial charge in [-0.2, -0.15) is 0 Å². The number of aliphatic imine (C=N–C) groups is 1. The number of thiazole rings is 1. The third-order valence-electron chi connectivity index (χ3n) is 5.93. The molecule has 4 rings (SSSR count). The van der Waals surface area contributed by atoms with E-state index in [2.05, 4.69) is 20.2 Å². The van der Waals surface area contributed by atoms with Gasteiger partial charge in [0.1, 0.15) is 17.3 Å². The predicted octanol–water partition coefficient (Wildman–Crippen LogP) is 3.71. The molecular weight excluding hydrogens is 398 g/mol. The average molecular weight is 430 g/mol. The molecule has 0 amide bonds. The smallest absolute Gasteiger partial charge is 0.185 e. The molecule has 0 spiro atoms. The number of nitrogens with one attached hydrogen (secondary N) is 1. The number of hydrogen-bond donors (Lipinski definition) is 3. The van der Waals surface area contributed by atoms with Gasteiger partial charge in [0.25, 0.3) is 0 Å². The monoisotopic (exact) mass is 429 g/mol. The summed E-state index contributed by atoms with van der Waals surface area (Å²) in [5, 5.41) is 14.5. The molecule has 0 radical (unpaired) electrons. The molecule has 0 aliphatic carbocycles. The number of nitrogens with two attached hydrogens (primary N) is 1. The van der Waals surface area contributed by atoms with E-state index < -0.39 is 0 Å². The number of phenolic OH excluding ortho intramolecular Hbond substituents is 1. The summed E-state index contributed by atoms with van der Waals surface area (Å²) >= 11 is 1.50. The van der Waals surface area contributed by atoms with Gasteiger partial charge in [0.05, 0.1) is 11.5 Å². The van der Waals surface area contributed by atoms with Crippen LogP contribution in [-0.2, 0) is 4.74 Å². The molecule has 30 heavy (non-hydrogen) atoms. The number of piperidine rings is 1. The largest absolute Gasteiger partial charge is 0.506 e. The number of anilines is 2. The van der Waals surface area contributed by atoms with Gasteiger partial charge in [-0.3, -0.25) is 9.89 Å². The molecule has 0 saturated carbocycles. The van der Waals surface area contributed by atoms with Crippen molar-refractivity contribution in [2.75, 3.05) is 43.9 Å². The summed E-state index contributed by atoms with van der Waals surface area (Å²) in [5.41, 5.74) is 8.61. The molecule has 2 aromatic rings. The summed E-state index contributed by atoms with van der Waals surface area (Å²) < 4.78 is 5.56. The molecule has 2 saturated heterocycles. The number of likely N-dealkylation sites (tertiary alicyclic amines) is 1. The van der Waals surface area contributed by atoms with Crippen molar-refractivity contribution in [3.05, 3.63) is 28.1 Å². The van der Waals surface area contributed by atoms with E-state index >= 15 is 0 Å². The highest BCUT2D eigenvalue weighted by atomic mass is 32.1. The number of phenols is 1. The lowest BCUT2D eigenvalue weighted by Gasteiger charge is -2.36. The topological polar surface area (TPSA) is 96.0 Å². The van der Waals surface area contributed by atoms with Crippen LogP contribution in [0.5, 0.6) is 5.75 Å². The number of aromatic hydroxyl groups is 1. The molecule has 1 aromatic carbocycles. The third-order valence-corrected chi connectivity index (χ3v) is 6.89. The first-order chi connectivity index (χ1) is 14.5. The van der Waals surface area contributed by atoms with E-state index in [0.29, 0.717) is 23.5 Å². The SMILES string of the molecule is Cc1cc(C)c(N=Cc2sc(NC[C@@H]3CCCN(C4CCOC4)C3)nc2N)c(O)c1. The van der Waals surface area contributed by atoms with Gasteiger partial charge in [-0.15, -0.1) is 0 Å². The fourth-order valence-electron chi connectivity index (χ4n) is 4.38. The van der Waals surface area contributed by atoms with E-state index in [1.165, 1.54) is 30.7 Å². The van der Waals surface area contributed by atoms with Gasteiger partial charge < -0.3 is 20.9 Å². The fourth-order valence-corrected chi connectivity index (χ4v) is 5.14. The Hall–Kier alpha value is -2.16. The van der Waals surface area contributed by atoms with Crippen molar-refractivity contribution in [1.82, 2.24) is 9.88 Å². The number of benzene rings is 1. The molecule has 0 bridgehead atoms. The Morgan fingerprint density at radius 1 is 1.40 bits per heavy atom. The van der Waals surface area contributed by atoms with Crippen LogP contribution in [0.15, 0.2) is 17.1 Å². The number of nitrogen functional groups attached to an aromatic ring is 1. The summed E-state index contributed by atoms with van der Waals surface area (Å²) in [6.07, 6.45) is 5.32. The fraction of sp³-hybridized carbons (Fsp3) is 0.545. The molecule has 1 aromatic heterocycles. The standard InChI is InChI=1S/C22H31N5O2S/c1-14-8-15(2)20(18(28)9-14)24-11-19-21(23)26-22(30-19)25-10-16-4-3-6-27(12-16)17-5-7-29-13-17/h8-9,11,16-17,28H,3-7,10,12-13,23H2,1-2H3,(H,25,26)/t16-,17?/m0/s1. The van der Waals surface area contributed by atoms with E-state index in [-0.39, 0.29) is 5.75 Å². The first-order valence-corrected chi connectivity index (χ1v) is 11.5. The lowest BCUT2D eigenvalue weighted by Crippen LogP contribution is -2.44. The van der Waals surface area contributed by atoms with Crippen LogP contribution in [0.25, 0.3) is 0 Å². The Morgan fingerprint density at radius 3 is 3.03 bits per heavy atom. The molecule has 8 heteroatoms. The Labute approximate surface area is 182 Å². The summed E-state index contributed by atoms with van der Waals surface area (Å²) in [6, 6.07) is 4.31. The van der Waals surface area contributed by atoms with Crippen LogP contribution in [0.4, 0.5) is 16.6 Å². The van der Waals surface area contributed by atoms with Crippen molar-refractivity contribution in [3.63, 3.8) is 0 Å². The summed E-state index contributed by atoms with van der Waals surface area (Å²) in [5.74, 6) is 1.25. The predicted molar refractivity (Wildman–Crippen MR) is 123 cm³/mol. The van der Waals surface area contributed by atoms with Crippen LogP contribution in [0.3, 0.4) is 0 Å². The highest BCUT2D eigenvalue weighted by molar-refractivity contribution is 7.17. The van der Waals surface area contributed by atoms with Crippen molar-refractivity contribution in [2.24, 2.45) is 10.9 Å². The molecule has 2 aliphatic rings. The van der Waals surface area contributed by atoms with Gasteiger partial charge in [-0.05, 0) is 62.8 Å². The molecular formula is C22H31N5O2S. The minimum absolute atomic E-state index is 0.180. The second-order valence-electron chi connectivity index (χ2n) is 8.38. The van der Waals surface area contributed by atoms with Crippen LogP contribution >= 0.6 is 11.3 Å². The Balaban J connectivity index is 1.36. The van der Waals surface area contributed by atoms with Crippen molar-refractivity contribution < 1.29 is 9.84 Å². The molecule has 2 aliphatic heterocycles. The van der Waals surface area contributed by atoms with Crippen LogP contribution in [-0.4, -0.2) is 60.1 Å². The Morgan fingerprint density at radius 2 is 2.27 bits per heavy atom. The minimum atomic E-state index is 0.180. The van der Waals surface area contributed by atoms with E-state index in [1.54, 1.807) is 12.3 Å². The van der Waals surface area contributed by atoms with Crippen LogP contribution < -0.4 is 11.1 Å². The van der Waals surface area contributed by atoms with E-state index in [9.17, 15) is 5.11 Å². The van der Waals surface area contributed by atoms with E-state index in [0.717, 1.165) is 53.9 Å². The number of rotatable bonds is 6. The number of hydrogen-bond acceptors (Lipinski definition) is 8. The quantitative estimate of drug-likeness (QED) is 0.606. The zero-order valence-electron chi connectivity index (χ0n) is 17.7. The molecule has 2 atom stereocenters. The number of ether oxygens (including phenoxy) is 1. The van der Waals surface area contributed by atoms with Gasteiger partial charge in [0, 0.05) is 32.0 Å². The Kier molecular flexibility index (Phi) is 6.55. The summed E-state index contributed by atoms with van der Waals surface area (Å²) in [4.78, 5) is 12.3. The van der Waals surface area contributed by atoms with Gasteiger partial charge in [-0.1, -0.05) is 17.4 Å². The molecule has 1 unspecified atom stereocenters. The highest BCUT2D eigenvalue weighted by Gasteiger charge is 2.28. The third kappa shape index (κ3) is 4.94. The van der Waals surface area contributed by atoms with Crippen LogP contribution in [0.2, 0.25) is 0 Å². The summed E-state index contributed by atoms with van der Waals surface area (Å²) in [6.45, 7) is 8.85. The molecule has 7 nitrogen and oxygen atoms in total. The van der Waals surface area contributed by atoms with Gasteiger partial charge in [-0.25, -0.2) is 4.98 Å². The van der Waals surface area contributed by atoms with E-state index in [1.807, 2.05) is 19.9 Å². The number of aromatic nitrogens is 1. The summed E-state index contributed by atoms with van der Waals surface area (Å²) in [7, 11) is 0. The van der Waals surface area contributed by atoms with Crippen LogP contribution in [0.1, 0.15) is 35.3 Å². The normalized spacial score (nSPS) is 22.7. The first-order valence-electron chi connectivity index (χ1n) is 10.7. The molecule has 162 valence electrons. The lowest BCUT2D eigenvalue weighted by atomic mass is 9.96. The molecule has 2 fully saturated rings. The Bertz CT molecular complexity index is 884. The van der Waals surface area contributed by atoms with E-state index in [4.69, 9.17) is 10.5 Å². The van der Waals surface area contributed by atoms with Gasteiger partial charge >= 0.3 is 0 Å². The molecule has 3 heterocycles. The maximum absolute atomic E-state index is 10.2. The lowest BCUT2D eigenvalue weighted by molar-refractivity contribution is 0.106. The minimum Gasteiger partial charge on any atom is -0.506 e. The van der Waals surface area contributed by atoms with Crippen molar-refractivity contribution >= 4 is 34.2 Å². The zero-order chi connectivity index (χ0) is 21.1. The number of nitrogens with zero attached hydrogens (tertiary/aromatic N) is 3. The highest BCUT2D eigenvalue weighted by Crippen LogP contribution is 2.32. The average Bonchev–Trinajstić information content (AvgIpc) is 3.36. The second-order valence-corrected chi connectivity index (χ2v) is 9.41. The van der Waals surface area contributed by atoms with Gasteiger partial charge in [0.15, 0.2) is 5.13 Å². The maximum Gasteiger partial charge on any atom is 0.185 e. The zero-order valence-corrected chi connectivity index (χ0v) is 18.5. The first kappa shape index (κ1) is 21.1. The van der Waals surface area contributed by atoms with Gasteiger partial charge in [0.2, 0.25) is 0 Å². The molecule has 4 N–H and O–H groups in total. The number of aryl methyl sites for hydroxylation is 2. The second kappa shape index (κ2) is 9.32. The van der Waals surface area contributed by atoms with Crippen LogP contribution in [0, 0.1) is 19.8 Å². The van der Waals surface area contributed by atoms with Crippen molar-refractivity contribution in [2.45, 2.75) is 39.2 Å². The van der Waals surface area contributed by atoms with Crippen molar-refractivity contribution in [1.29, 1.82) is 0 Å².